The molecule has 1 amide bonds. The summed E-state index contributed by atoms with van der Waals surface area (Å²) >= 11 is 0. The van der Waals surface area contributed by atoms with Crippen LogP contribution < -0.4 is 5.73 Å². The molecule has 1 aliphatic rings. The number of likely N-dealkylation sites (tertiary alicyclic amines) is 1. The zero-order valence-corrected chi connectivity index (χ0v) is 14.8. The number of nitrogen functional groups attached to an aromatic ring is 1. The van der Waals surface area contributed by atoms with Gasteiger partial charge in [-0.1, -0.05) is 18.2 Å². The van der Waals surface area contributed by atoms with Gasteiger partial charge in [-0.25, -0.2) is 0 Å². The van der Waals surface area contributed by atoms with E-state index in [-0.39, 0.29) is 11.9 Å². The minimum Gasteiger partial charge on any atom is -0.399 e. The molecule has 0 aliphatic carbocycles. The highest BCUT2D eigenvalue weighted by atomic mass is 16.2. The fraction of sp³-hybridized carbons (Fsp3) is 0.400. The summed E-state index contributed by atoms with van der Waals surface area (Å²) in [5.41, 5.74) is 8.73. The Morgan fingerprint density at radius 3 is 2.72 bits per heavy atom. The molecule has 132 valence electrons. The zero-order chi connectivity index (χ0) is 17.6. The van der Waals surface area contributed by atoms with Crippen molar-refractivity contribution in [2.24, 2.45) is 0 Å². The van der Waals surface area contributed by atoms with Crippen LogP contribution >= 0.6 is 0 Å². The van der Waals surface area contributed by atoms with Crippen molar-refractivity contribution in [2.45, 2.75) is 25.3 Å². The van der Waals surface area contributed by atoms with Gasteiger partial charge in [-0.2, -0.15) is 0 Å². The van der Waals surface area contributed by atoms with Crippen LogP contribution in [0.15, 0.2) is 48.7 Å². The molecule has 3 rings (SSSR count). The lowest BCUT2D eigenvalue weighted by Gasteiger charge is -2.32. The van der Waals surface area contributed by atoms with Gasteiger partial charge in [0.25, 0.3) is 0 Å². The molecule has 1 aromatic carbocycles. The van der Waals surface area contributed by atoms with Crippen LogP contribution in [0.2, 0.25) is 0 Å². The Bertz CT molecular complexity index is 698. The molecule has 2 aromatic rings. The molecular weight excluding hydrogens is 312 g/mol. The minimum absolute atomic E-state index is 0.0896. The van der Waals surface area contributed by atoms with Crippen LogP contribution in [-0.2, 0) is 11.2 Å². The van der Waals surface area contributed by atoms with Crippen molar-refractivity contribution >= 4 is 11.6 Å². The fourth-order valence-electron chi connectivity index (χ4n) is 3.41. The van der Waals surface area contributed by atoms with Crippen LogP contribution in [0, 0.1) is 0 Å². The highest BCUT2D eigenvalue weighted by Crippen LogP contribution is 2.27. The maximum Gasteiger partial charge on any atom is 0.228 e. The van der Waals surface area contributed by atoms with Gasteiger partial charge in [-0.05, 0) is 55.8 Å². The summed E-state index contributed by atoms with van der Waals surface area (Å²) in [6, 6.07) is 13.9. The van der Waals surface area contributed by atoms with Crippen molar-refractivity contribution in [1.29, 1.82) is 0 Å². The smallest absolute Gasteiger partial charge is 0.228 e. The maximum absolute atomic E-state index is 12.6. The average Bonchev–Trinajstić information content (AvgIpc) is 3.14. The number of nitrogens with zero attached hydrogens (tertiary/aromatic N) is 3. The largest absolute Gasteiger partial charge is 0.399 e. The minimum atomic E-state index is 0.0896. The standard InChI is InChI=1S/C20H26N4O/c1-23(20(25)14-18-9-2-3-10-22-18)15-19(24-11-4-5-12-24)16-7-6-8-17(21)13-16/h2-3,6-10,13,19H,4-5,11-12,14-15,21H2,1H3. The molecule has 5 heteroatoms. The van der Waals surface area contributed by atoms with Crippen LogP contribution in [0.1, 0.15) is 30.1 Å². The first-order valence-electron chi connectivity index (χ1n) is 8.87. The first-order chi connectivity index (χ1) is 12.1. The van der Waals surface area contributed by atoms with Crippen molar-refractivity contribution in [3.63, 3.8) is 0 Å². The summed E-state index contributed by atoms with van der Waals surface area (Å²) in [6.07, 6.45) is 4.48. The molecule has 2 heterocycles. The fourth-order valence-corrected chi connectivity index (χ4v) is 3.41. The highest BCUT2D eigenvalue weighted by Gasteiger charge is 2.26. The number of likely N-dealkylation sites (N-methyl/N-ethyl adjacent to an activating group) is 1. The Labute approximate surface area is 149 Å². The first kappa shape index (κ1) is 17.4. The van der Waals surface area contributed by atoms with E-state index in [1.807, 2.05) is 48.3 Å². The van der Waals surface area contributed by atoms with Gasteiger partial charge in [0.05, 0.1) is 12.5 Å². The third-order valence-corrected chi connectivity index (χ3v) is 4.81. The third-order valence-electron chi connectivity index (χ3n) is 4.81. The number of benzene rings is 1. The van der Waals surface area contributed by atoms with E-state index in [0.717, 1.165) is 24.5 Å². The zero-order valence-electron chi connectivity index (χ0n) is 14.8. The topological polar surface area (TPSA) is 62.5 Å². The molecular formula is C20H26N4O. The molecule has 0 bridgehead atoms. The number of carbonyl (C=O) groups excluding carboxylic acids is 1. The van der Waals surface area contributed by atoms with Crippen molar-refractivity contribution in [1.82, 2.24) is 14.8 Å². The SMILES string of the molecule is CN(CC(c1cccc(N)c1)N1CCCC1)C(=O)Cc1ccccn1. The second-order valence-corrected chi connectivity index (χ2v) is 6.70. The Balaban J connectivity index is 1.71. The average molecular weight is 338 g/mol. The number of carbonyl (C=O) groups is 1. The lowest BCUT2D eigenvalue weighted by molar-refractivity contribution is -0.130. The molecule has 1 unspecified atom stereocenters. The van der Waals surface area contributed by atoms with Gasteiger partial charge >= 0.3 is 0 Å². The van der Waals surface area contributed by atoms with Gasteiger partial charge in [-0.3, -0.25) is 14.7 Å². The Hall–Kier alpha value is -2.40. The second-order valence-electron chi connectivity index (χ2n) is 6.70. The van der Waals surface area contributed by atoms with E-state index in [1.165, 1.54) is 18.4 Å². The van der Waals surface area contributed by atoms with Crippen LogP contribution in [0.5, 0.6) is 0 Å². The molecule has 0 spiro atoms. The molecule has 25 heavy (non-hydrogen) atoms. The van der Waals surface area contributed by atoms with Gasteiger partial charge in [0.2, 0.25) is 5.91 Å². The number of hydrogen-bond acceptors (Lipinski definition) is 4. The number of aromatic nitrogens is 1. The van der Waals surface area contributed by atoms with Crippen LogP contribution in [0.4, 0.5) is 5.69 Å². The lowest BCUT2D eigenvalue weighted by atomic mass is 10.0. The van der Waals surface area contributed by atoms with Gasteiger partial charge in [0.1, 0.15) is 0 Å². The Morgan fingerprint density at radius 1 is 1.24 bits per heavy atom. The quantitative estimate of drug-likeness (QED) is 0.822. The van der Waals surface area contributed by atoms with Gasteiger partial charge < -0.3 is 10.6 Å². The van der Waals surface area contributed by atoms with Crippen LogP contribution in [-0.4, -0.2) is 47.4 Å². The highest BCUT2D eigenvalue weighted by molar-refractivity contribution is 5.78. The molecule has 1 aliphatic heterocycles. The molecule has 2 N–H and O–H groups in total. The van der Waals surface area contributed by atoms with E-state index in [4.69, 9.17) is 5.73 Å². The molecule has 1 aromatic heterocycles. The van der Waals surface area contributed by atoms with Crippen molar-refractivity contribution in [2.75, 3.05) is 32.4 Å². The number of hydrogen-bond donors (Lipinski definition) is 1. The summed E-state index contributed by atoms with van der Waals surface area (Å²) in [5, 5.41) is 0. The van der Waals surface area contributed by atoms with Crippen LogP contribution in [0.3, 0.4) is 0 Å². The number of pyridine rings is 1. The number of rotatable bonds is 6. The van der Waals surface area contributed by atoms with E-state index in [1.54, 1.807) is 6.20 Å². The Morgan fingerprint density at radius 2 is 2.04 bits per heavy atom. The summed E-state index contributed by atoms with van der Waals surface area (Å²) in [7, 11) is 1.88. The molecule has 0 radical (unpaired) electrons. The van der Waals surface area contributed by atoms with Crippen molar-refractivity contribution in [3.8, 4) is 0 Å². The van der Waals surface area contributed by atoms with E-state index in [0.29, 0.717) is 13.0 Å². The van der Waals surface area contributed by atoms with E-state index >= 15 is 0 Å². The normalized spacial score (nSPS) is 15.9. The van der Waals surface area contributed by atoms with E-state index < -0.39 is 0 Å². The summed E-state index contributed by atoms with van der Waals surface area (Å²) in [6.45, 7) is 2.80. The van der Waals surface area contributed by atoms with E-state index in [9.17, 15) is 4.79 Å². The van der Waals surface area contributed by atoms with E-state index in [2.05, 4.69) is 16.0 Å². The predicted octanol–water partition coefficient (Wildman–Crippen LogP) is 2.50. The number of amides is 1. The first-order valence-corrected chi connectivity index (χ1v) is 8.87. The monoisotopic (exact) mass is 338 g/mol. The molecule has 5 nitrogen and oxygen atoms in total. The second kappa shape index (κ2) is 8.12. The van der Waals surface area contributed by atoms with Crippen molar-refractivity contribution in [3.05, 3.63) is 59.9 Å². The maximum atomic E-state index is 12.6. The Kier molecular flexibility index (Phi) is 5.66. The third kappa shape index (κ3) is 4.57. The lowest BCUT2D eigenvalue weighted by Crippen LogP contribution is -2.38. The number of nitrogens with two attached hydrogens (primary N) is 1. The van der Waals surface area contributed by atoms with Gasteiger partial charge in [0.15, 0.2) is 0 Å². The molecule has 1 atom stereocenters. The summed E-state index contributed by atoms with van der Waals surface area (Å²) in [4.78, 5) is 21.1. The number of anilines is 1. The molecule has 1 saturated heterocycles. The summed E-state index contributed by atoms with van der Waals surface area (Å²) in [5.74, 6) is 0.0896. The van der Waals surface area contributed by atoms with Crippen molar-refractivity contribution < 1.29 is 4.79 Å². The molecule has 1 fully saturated rings. The molecule has 0 saturated carbocycles. The van der Waals surface area contributed by atoms with Crippen LogP contribution in [0.25, 0.3) is 0 Å². The van der Waals surface area contributed by atoms with Gasteiger partial charge in [-0.15, -0.1) is 0 Å². The van der Waals surface area contributed by atoms with Gasteiger partial charge in [0, 0.05) is 31.2 Å². The predicted molar refractivity (Wildman–Crippen MR) is 100.0 cm³/mol. The summed E-state index contributed by atoms with van der Waals surface area (Å²) < 4.78 is 0.